The van der Waals surface area contributed by atoms with E-state index >= 15 is 0 Å². The quantitative estimate of drug-likeness (QED) is 0.748. The monoisotopic (exact) mass is 309 g/mol. The van der Waals surface area contributed by atoms with E-state index in [0.29, 0.717) is 11.4 Å². The molecule has 0 heterocycles. The second-order valence-corrected chi connectivity index (χ2v) is 6.93. The van der Waals surface area contributed by atoms with E-state index in [1.54, 1.807) is 12.1 Å². The van der Waals surface area contributed by atoms with Crippen LogP contribution in [0, 0.1) is 18.6 Å². The van der Waals surface area contributed by atoms with E-state index in [4.69, 9.17) is 0 Å². The Balaban J connectivity index is 0.00000106. The molecule has 21 heavy (non-hydrogen) atoms. The van der Waals surface area contributed by atoms with E-state index in [1.165, 1.54) is 18.2 Å². The Hall–Kier alpha value is -1.47. The molecule has 0 aliphatic carbocycles. The SMILES string of the molecule is CC.Cc1ccc(Nc2cc(F)ccc2P(C)C)c(F)c1. The van der Waals surface area contributed by atoms with Crippen molar-refractivity contribution in [1.82, 2.24) is 0 Å². The van der Waals surface area contributed by atoms with Crippen LogP contribution >= 0.6 is 7.92 Å². The average Bonchev–Trinajstić information content (AvgIpc) is 2.44. The summed E-state index contributed by atoms with van der Waals surface area (Å²) in [6, 6.07) is 9.57. The lowest BCUT2D eigenvalue weighted by molar-refractivity contribution is 0.627. The third-order valence-electron chi connectivity index (χ3n) is 2.83. The van der Waals surface area contributed by atoms with Crippen molar-refractivity contribution < 1.29 is 8.78 Å². The van der Waals surface area contributed by atoms with Crippen molar-refractivity contribution in [3.05, 3.63) is 53.6 Å². The van der Waals surface area contributed by atoms with Crippen LogP contribution in [0.3, 0.4) is 0 Å². The molecule has 2 rings (SSSR count). The molecule has 0 radical (unpaired) electrons. The molecule has 114 valence electrons. The van der Waals surface area contributed by atoms with Crippen molar-refractivity contribution >= 4 is 24.6 Å². The van der Waals surface area contributed by atoms with Crippen LogP contribution in [0.4, 0.5) is 20.2 Å². The number of nitrogens with one attached hydrogen (secondary N) is 1. The molecule has 0 bridgehead atoms. The van der Waals surface area contributed by atoms with Crippen LogP contribution in [0.15, 0.2) is 36.4 Å². The summed E-state index contributed by atoms with van der Waals surface area (Å²) in [5.74, 6) is -0.651. The Morgan fingerprint density at radius 2 is 1.57 bits per heavy atom. The summed E-state index contributed by atoms with van der Waals surface area (Å²) in [6.07, 6.45) is 0. The summed E-state index contributed by atoms with van der Waals surface area (Å²) in [5, 5.41) is 4.02. The van der Waals surface area contributed by atoms with Gasteiger partial charge >= 0.3 is 0 Å². The van der Waals surface area contributed by atoms with Gasteiger partial charge in [0.25, 0.3) is 0 Å². The second-order valence-electron chi connectivity index (χ2n) is 4.66. The van der Waals surface area contributed by atoms with Crippen LogP contribution < -0.4 is 10.6 Å². The number of halogens is 2. The Morgan fingerprint density at radius 1 is 0.905 bits per heavy atom. The number of benzene rings is 2. The molecule has 0 fully saturated rings. The molecule has 1 nitrogen and oxygen atoms in total. The minimum absolute atomic E-state index is 0.324. The van der Waals surface area contributed by atoms with E-state index < -0.39 is 7.92 Å². The molecule has 4 heteroatoms. The molecular weight excluding hydrogens is 287 g/mol. The fraction of sp³-hybridized carbons (Fsp3) is 0.294. The van der Waals surface area contributed by atoms with Gasteiger partial charge in [-0.1, -0.05) is 27.8 Å². The van der Waals surface area contributed by atoms with Crippen LogP contribution in [-0.2, 0) is 0 Å². The molecular formula is C17H22F2NP. The molecule has 2 aromatic rings. The maximum atomic E-state index is 13.8. The highest BCUT2D eigenvalue weighted by Gasteiger charge is 2.10. The smallest absolute Gasteiger partial charge is 0.146 e. The number of aryl methyl sites for hydroxylation is 1. The molecule has 0 aromatic heterocycles. The predicted octanol–water partition coefficient (Wildman–Crippen LogP) is 5.41. The fourth-order valence-electron chi connectivity index (χ4n) is 1.86. The van der Waals surface area contributed by atoms with Crippen LogP contribution in [0.5, 0.6) is 0 Å². The number of rotatable bonds is 3. The third-order valence-corrected chi connectivity index (χ3v) is 4.19. The topological polar surface area (TPSA) is 12.0 Å². The average molecular weight is 309 g/mol. The molecule has 1 N–H and O–H groups in total. The van der Waals surface area contributed by atoms with Crippen molar-refractivity contribution in [2.45, 2.75) is 20.8 Å². The maximum absolute atomic E-state index is 13.8. The van der Waals surface area contributed by atoms with E-state index in [1.807, 2.05) is 26.8 Å². The largest absolute Gasteiger partial charge is 0.353 e. The summed E-state index contributed by atoms with van der Waals surface area (Å²) in [7, 11) is -0.392. The summed E-state index contributed by atoms with van der Waals surface area (Å²) >= 11 is 0. The first-order valence-electron chi connectivity index (χ1n) is 6.97. The predicted molar refractivity (Wildman–Crippen MR) is 90.6 cm³/mol. The first kappa shape index (κ1) is 17.6. The fourth-order valence-corrected chi connectivity index (χ4v) is 2.84. The zero-order chi connectivity index (χ0) is 16.0. The lowest BCUT2D eigenvalue weighted by atomic mass is 10.2. The summed E-state index contributed by atoms with van der Waals surface area (Å²) in [5.41, 5.74) is 1.86. The minimum atomic E-state index is -0.392. The van der Waals surface area contributed by atoms with Gasteiger partial charge in [0.2, 0.25) is 0 Å². The van der Waals surface area contributed by atoms with E-state index in [9.17, 15) is 8.78 Å². The number of hydrogen-bond acceptors (Lipinski definition) is 1. The highest BCUT2D eigenvalue weighted by atomic mass is 31.1. The molecule has 0 atom stereocenters. The lowest BCUT2D eigenvalue weighted by Crippen LogP contribution is -2.08. The zero-order valence-electron chi connectivity index (χ0n) is 13.2. The maximum Gasteiger partial charge on any atom is 0.146 e. The zero-order valence-corrected chi connectivity index (χ0v) is 14.1. The highest BCUT2D eigenvalue weighted by Crippen LogP contribution is 2.30. The van der Waals surface area contributed by atoms with Crippen molar-refractivity contribution in [3.63, 3.8) is 0 Å². The number of hydrogen-bond donors (Lipinski definition) is 1. The third kappa shape index (κ3) is 4.78. The van der Waals surface area contributed by atoms with Crippen LogP contribution in [0.2, 0.25) is 0 Å². The van der Waals surface area contributed by atoms with Gasteiger partial charge in [0.05, 0.1) is 5.69 Å². The van der Waals surface area contributed by atoms with Gasteiger partial charge in [-0.15, -0.1) is 0 Å². The molecule has 0 amide bonds. The summed E-state index contributed by atoms with van der Waals surface area (Å²) in [6.45, 7) is 10.00. The van der Waals surface area contributed by atoms with Gasteiger partial charge in [0.1, 0.15) is 11.6 Å². The van der Waals surface area contributed by atoms with Gasteiger partial charge in [-0.3, -0.25) is 0 Å². The molecule has 0 aliphatic rings. The first-order valence-corrected chi connectivity index (χ1v) is 9.21. The van der Waals surface area contributed by atoms with Crippen LogP contribution in [0.1, 0.15) is 19.4 Å². The molecule has 0 saturated heterocycles. The van der Waals surface area contributed by atoms with Crippen molar-refractivity contribution in [3.8, 4) is 0 Å². The minimum Gasteiger partial charge on any atom is -0.353 e. The van der Waals surface area contributed by atoms with E-state index in [2.05, 4.69) is 18.6 Å². The van der Waals surface area contributed by atoms with Crippen LogP contribution in [-0.4, -0.2) is 13.3 Å². The van der Waals surface area contributed by atoms with Crippen molar-refractivity contribution in [1.29, 1.82) is 0 Å². The Kier molecular flexibility index (Phi) is 6.77. The Morgan fingerprint density at radius 3 is 2.14 bits per heavy atom. The van der Waals surface area contributed by atoms with Gasteiger partial charge in [0, 0.05) is 5.69 Å². The Bertz CT molecular complexity index is 597. The van der Waals surface area contributed by atoms with Crippen LogP contribution in [0.25, 0.3) is 0 Å². The standard InChI is InChI=1S/C15H16F2NP.C2H6/c1-10-4-6-13(12(17)8-10)18-14-9-11(16)5-7-15(14)19(2)3;1-2/h4-9,18H,1-3H3;1-2H3. The van der Waals surface area contributed by atoms with Crippen molar-refractivity contribution in [2.24, 2.45) is 0 Å². The van der Waals surface area contributed by atoms with Crippen molar-refractivity contribution in [2.75, 3.05) is 18.6 Å². The Labute approximate surface area is 127 Å². The van der Waals surface area contributed by atoms with Gasteiger partial charge < -0.3 is 5.32 Å². The van der Waals surface area contributed by atoms with Gasteiger partial charge in [-0.25, -0.2) is 8.78 Å². The van der Waals surface area contributed by atoms with E-state index in [0.717, 1.165) is 10.9 Å². The molecule has 0 spiro atoms. The molecule has 0 aliphatic heterocycles. The molecule has 2 aromatic carbocycles. The first-order chi connectivity index (χ1) is 9.97. The van der Waals surface area contributed by atoms with Gasteiger partial charge in [-0.05, 0) is 61.5 Å². The van der Waals surface area contributed by atoms with Gasteiger partial charge in [-0.2, -0.15) is 0 Å². The normalized spacial score (nSPS) is 10.1. The second kappa shape index (κ2) is 8.09. The highest BCUT2D eigenvalue weighted by molar-refractivity contribution is 7.64. The molecule has 0 unspecified atom stereocenters. The van der Waals surface area contributed by atoms with Gasteiger partial charge in [0.15, 0.2) is 0 Å². The molecule has 0 saturated carbocycles. The summed E-state index contributed by atoms with van der Waals surface area (Å²) in [4.78, 5) is 0. The van der Waals surface area contributed by atoms with E-state index in [-0.39, 0.29) is 11.6 Å². The summed E-state index contributed by atoms with van der Waals surface area (Å²) < 4.78 is 27.2. The number of anilines is 2. The lowest BCUT2D eigenvalue weighted by Gasteiger charge is -2.15.